The van der Waals surface area contributed by atoms with Crippen LogP contribution in [-0.4, -0.2) is 29.8 Å². The first-order valence-corrected chi connectivity index (χ1v) is 6.09. The maximum absolute atomic E-state index is 11.4. The Balaban J connectivity index is 1.91. The van der Waals surface area contributed by atoms with Gasteiger partial charge in [0.05, 0.1) is 32.1 Å². The molecular weight excluding hydrogens is 262 g/mol. The van der Waals surface area contributed by atoms with Gasteiger partial charge >= 0.3 is 5.97 Å². The molecule has 0 aliphatic rings. The van der Waals surface area contributed by atoms with Gasteiger partial charge in [0.1, 0.15) is 0 Å². The monoisotopic (exact) mass is 277 g/mol. The molecule has 0 aromatic carbocycles. The van der Waals surface area contributed by atoms with Crippen LogP contribution >= 0.6 is 0 Å². The minimum absolute atomic E-state index is 0.163. The lowest BCUT2D eigenvalue weighted by Gasteiger charge is -2.03. The Morgan fingerprint density at radius 3 is 2.95 bits per heavy atom. The molecule has 0 unspecified atom stereocenters. The van der Waals surface area contributed by atoms with Gasteiger partial charge in [0.2, 0.25) is 5.88 Å². The van der Waals surface area contributed by atoms with Crippen molar-refractivity contribution < 1.29 is 18.8 Å². The average Bonchev–Trinajstić information content (AvgIpc) is 2.95. The molecule has 2 rings (SSSR count). The lowest BCUT2D eigenvalue weighted by Crippen LogP contribution is -2.04. The normalized spacial score (nSPS) is 10.1. The Bertz CT molecular complexity index is 565. The van der Waals surface area contributed by atoms with Crippen LogP contribution in [0.25, 0.3) is 0 Å². The van der Waals surface area contributed by atoms with Gasteiger partial charge in [-0.2, -0.15) is 0 Å². The first-order valence-electron chi connectivity index (χ1n) is 6.09. The van der Waals surface area contributed by atoms with Gasteiger partial charge in [-0.15, -0.1) is 0 Å². The van der Waals surface area contributed by atoms with E-state index in [2.05, 4.69) is 15.5 Å². The molecule has 0 saturated heterocycles. The highest BCUT2D eigenvalue weighted by molar-refractivity contribution is 5.87. The van der Waals surface area contributed by atoms with Gasteiger partial charge in [-0.05, 0) is 13.0 Å². The third-order valence-corrected chi connectivity index (χ3v) is 2.46. The van der Waals surface area contributed by atoms with Crippen molar-refractivity contribution in [2.75, 3.05) is 19.0 Å². The maximum atomic E-state index is 11.4. The molecule has 0 fully saturated rings. The number of pyridine rings is 1. The Morgan fingerprint density at radius 2 is 2.30 bits per heavy atom. The Hall–Kier alpha value is -2.57. The van der Waals surface area contributed by atoms with Crippen molar-refractivity contribution in [2.45, 2.75) is 13.5 Å². The first-order chi connectivity index (χ1) is 9.72. The van der Waals surface area contributed by atoms with Crippen molar-refractivity contribution in [3.63, 3.8) is 0 Å². The van der Waals surface area contributed by atoms with E-state index in [0.29, 0.717) is 24.8 Å². The van der Waals surface area contributed by atoms with E-state index in [4.69, 9.17) is 14.0 Å². The molecular formula is C13H15N3O4. The zero-order chi connectivity index (χ0) is 14.4. The van der Waals surface area contributed by atoms with Crippen LogP contribution in [0.2, 0.25) is 0 Å². The van der Waals surface area contributed by atoms with Crippen molar-refractivity contribution >= 4 is 11.7 Å². The van der Waals surface area contributed by atoms with Crippen LogP contribution in [0.3, 0.4) is 0 Å². The molecule has 2 heterocycles. The van der Waals surface area contributed by atoms with E-state index in [1.165, 1.54) is 0 Å². The highest BCUT2D eigenvalue weighted by atomic mass is 16.5. The summed E-state index contributed by atoms with van der Waals surface area (Å²) < 4.78 is 14.8. The number of anilines is 1. The molecule has 0 saturated carbocycles. The van der Waals surface area contributed by atoms with E-state index in [-0.39, 0.29) is 5.69 Å². The van der Waals surface area contributed by atoms with Crippen LogP contribution in [0.5, 0.6) is 5.88 Å². The fourth-order valence-corrected chi connectivity index (χ4v) is 1.49. The number of hydrogen-bond donors (Lipinski definition) is 1. The fourth-order valence-electron chi connectivity index (χ4n) is 1.49. The van der Waals surface area contributed by atoms with E-state index in [9.17, 15) is 4.79 Å². The van der Waals surface area contributed by atoms with Crippen molar-refractivity contribution in [2.24, 2.45) is 0 Å². The number of hydrogen-bond acceptors (Lipinski definition) is 7. The second-order valence-electron chi connectivity index (χ2n) is 3.84. The van der Waals surface area contributed by atoms with Gasteiger partial charge in [0.25, 0.3) is 0 Å². The standard InChI is InChI=1S/C13H15N3O4/c1-3-19-13(17)11-6-10(20-16-11)8-14-9-4-5-12(18-2)15-7-9/h4-7,14H,3,8H2,1-2H3. The van der Waals surface area contributed by atoms with Gasteiger partial charge in [-0.25, -0.2) is 9.78 Å². The van der Waals surface area contributed by atoms with E-state index >= 15 is 0 Å². The number of nitrogens with one attached hydrogen (secondary N) is 1. The molecule has 7 nitrogen and oxygen atoms in total. The second-order valence-corrected chi connectivity index (χ2v) is 3.84. The smallest absolute Gasteiger partial charge is 0.360 e. The summed E-state index contributed by atoms with van der Waals surface area (Å²) >= 11 is 0. The van der Waals surface area contributed by atoms with Crippen molar-refractivity contribution in [3.8, 4) is 5.88 Å². The predicted octanol–water partition coefficient (Wildman–Crippen LogP) is 1.87. The summed E-state index contributed by atoms with van der Waals surface area (Å²) in [5.74, 6) is 0.581. The van der Waals surface area contributed by atoms with E-state index in [1.54, 1.807) is 32.4 Å². The number of rotatable bonds is 6. The SMILES string of the molecule is CCOC(=O)c1cc(CNc2ccc(OC)nc2)on1. The Morgan fingerprint density at radius 1 is 1.45 bits per heavy atom. The summed E-state index contributed by atoms with van der Waals surface area (Å²) in [5, 5.41) is 6.74. The minimum Gasteiger partial charge on any atom is -0.481 e. The quantitative estimate of drug-likeness (QED) is 0.806. The summed E-state index contributed by atoms with van der Waals surface area (Å²) in [7, 11) is 1.56. The largest absolute Gasteiger partial charge is 0.481 e. The Labute approximate surface area is 115 Å². The van der Waals surface area contributed by atoms with Crippen LogP contribution in [0.4, 0.5) is 5.69 Å². The van der Waals surface area contributed by atoms with E-state index in [1.807, 2.05) is 6.07 Å². The fraction of sp³-hybridized carbons (Fsp3) is 0.308. The van der Waals surface area contributed by atoms with Crippen LogP contribution in [-0.2, 0) is 11.3 Å². The number of methoxy groups -OCH3 is 1. The summed E-state index contributed by atoms with van der Waals surface area (Å²) in [6.07, 6.45) is 1.64. The lowest BCUT2D eigenvalue weighted by atomic mass is 10.3. The molecule has 2 aromatic rings. The summed E-state index contributed by atoms with van der Waals surface area (Å²) in [5.41, 5.74) is 0.969. The molecule has 0 aliphatic carbocycles. The number of carbonyl (C=O) groups excluding carboxylic acids is 1. The van der Waals surface area contributed by atoms with Crippen molar-refractivity contribution in [1.82, 2.24) is 10.1 Å². The first kappa shape index (κ1) is 13.9. The maximum Gasteiger partial charge on any atom is 0.360 e. The average molecular weight is 277 g/mol. The summed E-state index contributed by atoms with van der Waals surface area (Å²) in [6, 6.07) is 5.11. The van der Waals surface area contributed by atoms with Crippen LogP contribution < -0.4 is 10.1 Å². The van der Waals surface area contributed by atoms with Gasteiger partial charge in [0.15, 0.2) is 11.5 Å². The zero-order valence-corrected chi connectivity index (χ0v) is 11.3. The van der Waals surface area contributed by atoms with E-state index in [0.717, 1.165) is 5.69 Å². The number of esters is 1. The number of ether oxygens (including phenoxy) is 2. The molecule has 0 amide bonds. The van der Waals surface area contributed by atoms with Crippen LogP contribution in [0, 0.1) is 0 Å². The summed E-state index contributed by atoms with van der Waals surface area (Å²) in [4.78, 5) is 15.5. The molecule has 2 aromatic heterocycles. The van der Waals surface area contributed by atoms with Gasteiger partial charge in [-0.1, -0.05) is 5.16 Å². The number of nitrogens with zero attached hydrogens (tertiary/aromatic N) is 2. The third kappa shape index (κ3) is 3.47. The summed E-state index contributed by atoms with van der Waals surface area (Å²) in [6.45, 7) is 2.42. The van der Waals surface area contributed by atoms with Crippen LogP contribution in [0.1, 0.15) is 23.2 Å². The molecule has 106 valence electrons. The van der Waals surface area contributed by atoms with Gasteiger partial charge < -0.3 is 19.3 Å². The highest BCUT2D eigenvalue weighted by Gasteiger charge is 2.13. The van der Waals surface area contributed by atoms with Crippen LogP contribution in [0.15, 0.2) is 28.9 Å². The van der Waals surface area contributed by atoms with Gasteiger partial charge in [0, 0.05) is 12.1 Å². The molecule has 1 N–H and O–H groups in total. The molecule has 0 aliphatic heterocycles. The predicted molar refractivity (Wildman–Crippen MR) is 70.6 cm³/mol. The molecule has 0 atom stereocenters. The van der Waals surface area contributed by atoms with E-state index < -0.39 is 5.97 Å². The molecule has 7 heteroatoms. The number of carbonyl (C=O) groups is 1. The van der Waals surface area contributed by atoms with Gasteiger partial charge in [-0.3, -0.25) is 0 Å². The van der Waals surface area contributed by atoms with Crippen molar-refractivity contribution in [1.29, 1.82) is 0 Å². The minimum atomic E-state index is -0.492. The molecule has 0 spiro atoms. The lowest BCUT2D eigenvalue weighted by molar-refractivity contribution is 0.0514. The molecule has 0 bridgehead atoms. The second kappa shape index (κ2) is 6.55. The molecule has 0 radical (unpaired) electrons. The zero-order valence-electron chi connectivity index (χ0n) is 11.3. The van der Waals surface area contributed by atoms with Crippen molar-refractivity contribution in [3.05, 3.63) is 35.9 Å². The number of aromatic nitrogens is 2. The molecule has 20 heavy (non-hydrogen) atoms. The topological polar surface area (TPSA) is 86.5 Å². The Kier molecular flexibility index (Phi) is 4.54. The third-order valence-electron chi connectivity index (χ3n) is 2.46. The highest BCUT2D eigenvalue weighted by Crippen LogP contribution is 2.13.